The van der Waals surface area contributed by atoms with Crippen molar-refractivity contribution in [2.45, 2.75) is 46.1 Å². The molecule has 2 aromatic rings. The molecule has 126 valence electrons. The predicted octanol–water partition coefficient (Wildman–Crippen LogP) is 3.72. The zero-order valence-corrected chi connectivity index (χ0v) is 14.2. The minimum atomic E-state index is -0.466. The summed E-state index contributed by atoms with van der Waals surface area (Å²) in [5.41, 5.74) is 2.19. The Kier molecular flexibility index (Phi) is 5.47. The lowest BCUT2D eigenvalue weighted by Crippen LogP contribution is -2.33. The third kappa shape index (κ3) is 5.47. The van der Waals surface area contributed by atoms with E-state index < -0.39 is 5.60 Å². The van der Waals surface area contributed by atoms with Crippen molar-refractivity contribution in [3.63, 3.8) is 0 Å². The summed E-state index contributed by atoms with van der Waals surface area (Å²) in [5, 5.41) is 6.05. The van der Waals surface area contributed by atoms with Crippen molar-refractivity contribution in [3.8, 4) is 0 Å². The number of oxazole rings is 1. The lowest BCUT2D eigenvalue weighted by Gasteiger charge is -2.19. The molecule has 0 aliphatic rings. The molecule has 2 N–H and O–H groups in total. The van der Waals surface area contributed by atoms with E-state index >= 15 is 0 Å². The van der Waals surface area contributed by atoms with Crippen LogP contribution in [0.1, 0.15) is 40.0 Å². The summed E-state index contributed by atoms with van der Waals surface area (Å²) < 4.78 is 10.8. The first kappa shape index (κ1) is 17.1. The number of benzene rings is 1. The number of aromatic nitrogens is 1. The number of nitrogens with zero attached hydrogens (tertiary/aromatic N) is 1. The van der Waals surface area contributed by atoms with Gasteiger partial charge in [0.05, 0.1) is 0 Å². The fourth-order valence-electron chi connectivity index (χ4n) is 2.06. The molecule has 0 unspecified atom stereocenters. The van der Waals surface area contributed by atoms with Gasteiger partial charge in [-0.25, -0.2) is 9.78 Å². The van der Waals surface area contributed by atoms with Crippen LogP contribution in [0.5, 0.6) is 0 Å². The Hall–Kier alpha value is -2.24. The van der Waals surface area contributed by atoms with E-state index in [9.17, 15) is 4.79 Å². The van der Waals surface area contributed by atoms with Crippen LogP contribution in [0.4, 0.5) is 10.5 Å². The van der Waals surface area contributed by atoms with Gasteiger partial charge < -0.3 is 19.8 Å². The Morgan fingerprint density at radius 3 is 2.78 bits per heavy atom. The molecule has 0 aliphatic heterocycles. The summed E-state index contributed by atoms with van der Waals surface area (Å²) in [6.45, 7) is 8.86. The molecule has 2 rings (SSSR count). The molecule has 6 heteroatoms. The van der Waals surface area contributed by atoms with Gasteiger partial charge in [-0.1, -0.05) is 6.92 Å². The van der Waals surface area contributed by atoms with Crippen LogP contribution in [0.15, 0.2) is 22.6 Å². The number of amides is 1. The van der Waals surface area contributed by atoms with Gasteiger partial charge in [0.2, 0.25) is 0 Å². The molecular weight excluding hydrogens is 294 g/mol. The van der Waals surface area contributed by atoms with Gasteiger partial charge in [-0.05, 0) is 45.4 Å². The number of anilines is 1. The molecule has 23 heavy (non-hydrogen) atoms. The minimum absolute atomic E-state index is 0.381. The fraction of sp³-hybridized carbons (Fsp3) is 0.529. The van der Waals surface area contributed by atoms with Crippen molar-refractivity contribution in [1.82, 2.24) is 10.3 Å². The standard InChI is InChI=1S/C17H25N3O3/c1-5-15-20-13-11-12(7-8-14(13)22-15)18-9-6-10-19-16(21)23-17(2,3)4/h7-8,11,18H,5-6,9-10H2,1-4H3,(H,19,21). The van der Waals surface area contributed by atoms with Gasteiger partial charge >= 0.3 is 6.09 Å². The second-order valence-electron chi connectivity index (χ2n) is 6.35. The van der Waals surface area contributed by atoms with Gasteiger partial charge in [0, 0.05) is 25.2 Å². The summed E-state index contributed by atoms with van der Waals surface area (Å²) in [5.74, 6) is 0.749. The Morgan fingerprint density at radius 2 is 2.09 bits per heavy atom. The number of carbonyl (C=O) groups excluding carboxylic acids is 1. The summed E-state index contributed by atoms with van der Waals surface area (Å²) in [6.07, 6.45) is 1.21. The van der Waals surface area contributed by atoms with Crippen molar-refractivity contribution in [2.24, 2.45) is 0 Å². The minimum Gasteiger partial charge on any atom is -0.444 e. The van der Waals surface area contributed by atoms with Gasteiger partial charge in [-0.15, -0.1) is 0 Å². The highest BCUT2D eigenvalue weighted by molar-refractivity contribution is 5.77. The summed E-state index contributed by atoms with van der Waals surface area (Å²) >= 11 is 0. The Morgan fingerprint density at radius 1 is 1.30 bits per heavy atom. The largest absolute Gasteiger partial charge is 0.444 e. The van der Waals surface area contributed by atoms with Gasteiger partial charge in [0.15, 0.2) is 11.5 Å². The average Bonchev–Trinajstić information content (AvgIpc) is 2.87. The number of nitrogens with one attached hydrogen (secondary N) is 2. The number of fused-ring (bicyclic) bond motifs is 1. The molecule has 1 heterocycles. The van der Waals surface area contributed by atoms with E-state index in [0.29, 0.717) is 6.54 Å². The van der Waals surface area contributed by atoms with E-state index in [1.807, 2.05) is 45.9 Å². The zero-order chi connectivity index (χ0) is 16.9. The van der Waals surface area contributed by atoms with Crippen molar-refractivity contribution < 1.29 is 13.9 Å². The van der Waals surface area contributed by atoms with E-state index in [0.717, 1.165) is 42.1 Å². The van der Waals surface area contributed by atoms with Gasteiger partial charge in [0.1, 0.15) is 11.1 Å². The lowest BCUT2D eigenvalue weighted by molar-refractivity contribution is 0.0528. The summed E-state index contributed by atoms with van der Waals surface area (Å²) in [7, 11) is 0. The highest BCUT2D eigenvalue weighted by atomic mass is 16.6. The first-order valence-electron chi connectivity index (χ1n) is 7.97. The highest BCUT2D eigenvalue weighted by Gasteiger charge is 2.15. The van der Waals surface area contributed by atoms with Crippen LogP contribution in [0, 0.1) is 0 Å². The van der Waals surface area contributed by atoms with Crippen molar-refractivity contribution in [2.75, 3.05) is 18.4 Å². The fourth-order valence-corrected chi connectivity index (χ4v) is 2.06. The molecule has 0 spiro atoms. The maximum atomic E-state index is 11.5. The lowest BCUT2D eigenvalue weighted by atomic mass is 10.2. The first-order chi connectivity index (χ1) is 10.9. The zero-order valence-electron chi connectivity index (χ0n) is 14.2. The Labute approximate surface area is 136 Å². The molecule has 0 fully saturated rings. The molecule has 1 aromatic carbocycles. The summed E-state index contributed by atoms with van der Waals surface area (Å²) in [6, 6.07) is 5.86. The Bertz CT molecular complexity index is 659. The third-order valence-corrected chi connectivity index (χ3v) is 3.09. The molecule has 0 bridgehead atoms. The topological polar surface area (TPSA) is 76.4 Å². The maximum Gasteiger partial charge on any atom is 0.407 e. The number of aryl methyl sites for hydroxylation is 1. The van der Waals surface area contributed by atoms with Crippen molar-refractivity contribution >= 4 is 22.9 Å². The number of hydrogen-bond donors (Lipinski definition) is 2. The molecule has 1 amide bonds. The molecule has 0 atom stereocenters. The molecule has 0 aliphatic carbocycles. The third-order valence-electron chi connectivity index (χ3n) is 3.09. The van der Waals surface area contributed by atoms with Crippen LogP contribution in [-0.2, 0) is 11.2 Å². The SMILES string of the molecule is CCc1nc2cc(NCCCNC(=O)OC(C)(C)C)ccc2o1. The molecule has 0 saturated heterocycles. The van der Waals surface area contributed by atoms with E-state index in [2.05, 4.69) is 15.6 Å². The normalized spacial score (nSPS) is 11.5. The quantitative estimate of drug-likeness (QED) is 0.794. The number of alkyl carbamates (subject to hydrolysis) is 1. The predicted molar refractivity (Wildman–Crippen MR) is 90.7 cm³/mol. The number of ether oxygens (including phenoxy) is 1. The maximum absolute atomic E-state index is 11.5. The van der Waals surface area contributed by atoms with Crippen LogP contribution >= 0.6 is 0 Å². The number of hydrogen-bond acceptors (Lipinski definition) is 5. The van der Waals surface area contributed by atoms with E-state index in [1.54, 1.807) is 0 Å². The summed E-state index contributed by atoms with van der Waals surface area (Å²) in [4.78, 5) is 15.9. The monoisotopic (exact) mass is 319 g/mol. The number of rotatable bonds is 6. The second-order valence-corrected chi connectivity index (χ2v) is 6.35. The highest BCUT2D eigenvalue weighted by Crippen LogP contribution is 2.20. The Balaban J connectivity index is 1.73. The van der Waals surface area contributed by atoms with Gasteiger partial charge in [0.25, 0.3) is 0 Å². The van der Waals surface area contributed by atoms with E-state index in [4.69, 9.17) is 9.15 Å². The average molecular weight is 319 g/mol. The van der Waals surface area contributed by atoms with E-state index in [1.165, 1.54) is 0 Å². The van der Waals surface area contributed by atoms with Crippen molar-refractivity contribution in [3.05, 3.63) is 24.1 Å². The second kappa shape index (κ2) is 7.35. The van der Waals surface area contributed by atoms with Crippen LogP contribution in [-0.4, -0.2) is 29.8 Å². The number of carbonyl (C=O) groups is 1. The van der Waals surface area contributed by atoms with Crippen LogP contribution in [0.3, 0.4) is 0 Å². The van der Waals surface area contributed by atoms with Gasteiger partial charge in [-0.3, -0.25) is 0 Å². The van der Waals surface area contributed by atoms with Gasteiger partial charge in [-0.2, -0.15) is 0 Å². The van der Waals surface area contributed by atoms with Crippen molar-refractivity contribution in [1.29, 1.82) is 0 Å². The molecular formula is C17H25N3O3. The molecule has 0 radical (unpaired) electrons. The molecule has 0 saturated carbocycles. The van der Waals surface area contributed by atoms with Crippen LogP contribution in [0.2, 0.25) is 0 Å². The van der Waals surface area contributed by atoms with Crippen LogP contribution < -0.4 is 10.6 Å². The van der Waals surface area contributed by atoms with E-state index in [-0.39, 0.29) is 6.09 Å². The van der Waals surface area contributed by atoms with Crippen LogP contribution in [0.25, 0.3) is 11.1 Å². The first-order valence-corrected chi connectivity index (χ1v) is 7.97. The molecule has 1 aromatic heterocycles. The smallest absolute Gasteiger partial charge is 0.407 e. The molecule has 6 nitrogen and oxygen atoms in total.